The first-order valence-corrected chi connectivity index (χ1v) is 14.4. The number of hydrogen-bond donors (Lipinski definition) is 1. The summed E-state index contributed by atoms with van der Waals surface area (Å²) in [6.45, 7) is 4.89. The molecule has 8 nitrogen and oxygen atoms in total. The molecule has 6 atom stereocenters. The largest absolute Gasteiger partial charge is 0.465 e. The minimum atomic E-state index is -1.37. The molecular formula is C31H40N2O6. The Labute approximate surface area is 230 Å². The molecule has 1 spiro atoms. The molecule has 0 aromatic heterocycles. The zero-order valence-electron chi connectivity index (χ0n) is 23.0. The first-order chi connectivity index (χ1) is 18.9. The quantitative estimate of drug-likeness (QED) is 0.423. The van der Waals surface area contributed by atoms with Gasteiger partial charge in [0.1, 0.15) is 23.2 Å². The number of rotatable bonds is 7. The van der Waals surface area contributed by atoms with Gasteiger partial charge in [-0.1, -0.05) is 74.9 Å². The number of nitrogens with zero attached hydrogens (tertiary/aromatic N) is 2. The van der Waals surface area contributed by atoms with Gasteiger partial charge < -0.3 is 24.4 Å². The maximum atomic E-state index is 14.6. The fourth-order valence-corrected chi connectivity index (χ4v) is 6.94. The highest BCUT2D eigenvalue weighted by Crippen LogP contribution is 2.59. The highest BCUT2D eigenvalue weighted by atomic mass is 16.6. The Hall–Kier alpha value is -2.97. The number of aliphatic hydroxyl groups is 1. The predicted molar refractivity (Wildman–Crippen MR) is 145 cm³/mol. The topological polar surface area (TPSA) is 96.4 Å². The minimum Gasteiger partial charge on any atom is -0.465 e. The van der Waals surface area contributed by atoms with Crippen LogP contribution in [0.1, 0.15) is 64.0 Å². The van der Waals surface area contributed by atoms with Crippen LogP contribution in [0.3, 0.4) is 0 Å². The van der Waals surface area contributed by atoms with Gasteiger partial charge in [0.2, 0.25) is 11.8 Å². The Morgan fingerprint density at radius 2 is 1.82 bits per heavy atom. The van der Waals surface area contributed by atoms with E-state index < -0.39 is 41.1 Å². The van der Waals surface area contributed by atoms with Crippen LogP contribution in [0, 0.1) is 11.8 Å². The van der Waals surface area contributed by atoms with E-state index in [2.05, 4.69) is 6.92 Å². The zero-order chi connectivity index (χ0) is 27.6. The van der Waals surface area contributed by atoms with Crippen molar-refractivity contribution in [2.45, 2.75) is 75.7 Å². The van der Waals surface area contributed by atoms with Gasteiger partial charge in [-0.25, -0.2) is 0 Å². The highest BCUT2D eigenvalue weighted by Gasteiger charge is 2.75. The van der Waals surface area contributed by atoms with Gasteiger partial charge in [-0.3, -0.25) is 14.4 Å². The number of carbonyl (C=O) groups excluding carboxylic acids is 3. The average Bonchev–Trinajstić information content (AvgIpc) is 3.31. The maximum absolute atomic E-state index is 14.6. The van der Waals surface area contributed by atoms with E-state index in [0.717, 1.165) is 37.7 Å². The smallest absolute Gasteiger partial charge is 0.313 e. The van der Waals surface area contributed by atoms with Gasteiger partial charge in [-0.2, -0.15) is 0 Å². The summed E-state index contributed by atoms with van der Waals surface area (Å²) in [7, 11) is 0. The summed E-state index contributed by atoms with van der Waals surface area (Å²) >= 11 is 0. The zero-order valence-corrected chi connectivity index (χ0v) is 23.0. The van der Waals surface area contributed by atoms with Crippen molar-refractivity contribution in [2.75, 3.05) is 26.3 Å². The van der Waals surface area contributed by atoms with E-state index in [0.29, 0.717) is 19.5 Å². The van der Waals surface area contributed by atoms with Gasteiger partial charge in [0.15, 0.2) is 0 Å². The number of cyclic esters (lactones) is 1. The molecule has 1 aromatic carbocycles. The van der Waals surface area contributed by atoms with Gasteiger partial charge in [0.25, 0.3) is 0 Å². The molecule has 1 N–H and O–H groups in total. The summed E-state index contributed by atoms with van der Waals surface area (Å²) in [4.78, 5) is 46.0. The Bertz CT molecular complexity index is 1140. The summed E-state index contributed by atoms with van der Waals surface area (Å²) in [6, 6.07) is 7.47. The molecule has 0 saturated carbocycles. The Morgan fingerprint density at radius 1 is 1.03 bits per heavy atom. The van der Waals surface area contributed by atoms with E-state index >= 15 is 0 Å². The second kappa shape index (κ2) is 11.3. The summed E-state index contributed by atoms with van der Waals surface area (Å²) < 4.78 is 12.7. The van der Waals surface area contributed by atoms with Crippen molar-refractivity contribution < 1.29 is 29.0 Å². The number of hydrogen-bond acceptors (Lipinski definition) is 6. The number of fused-ring (bicyclic) bond motifs is 2. The fraction of sp³-hybridized carbons (Fsp3) is 0.581. The van der Waals surface area contributed by atoms with Gasteiger partial charge in [0.05, 0.1) is 25.2 Å². The molecule has 2 saturated heterocycles. The number of likely N-dealkylation sites (tertiary alicyclic amines) is 1. The van der Waals surface area contributed by atoms with Crippen LogP contribution in [-0.4, -0.2) is 76.2 Å². The Balaban J connectivity index is 1.69. The van der Waals surface area contributed by atoms with Crippen molar-refractivity contribution in [1.29, 1.82) is 0 Å². The lowest BCUT2D eigenvalue weighted by Crippen LogP contribution is -2.57. The molecular weight excluding hydrogens is 496 g/mol. The molecule has 0 radical (unpaired) electrons. The second-order valence-electron chi connectivity index (χ2n) is 11.1. The van der Waals surface area contributed by atoms with Crippen molar-refractivity contribution >= 4 is 17.8 Å². The summed E-state index contributed by atoms with van der Waals surface area (Å²) in [5.74, 6) is -2.91. The number of unbranched alkanes of at least 4 members (excludes halogenated alkanes) is 1. The number of allylic oxidation sites excluding steroid dienone is 1. The van der Waals surface area contributed by atoms with Crippen LogP contribution in [0.2, 0.25) is 0 Å². The predicted octanol–water partition coefficient (Wildman–Crippen LogP) is 3.56. The molecule has 0 bridgehead atoms. The first-order valence-electron chi connectivity index (χ1n) is 14.4. The van der Waals surface area contributed by atoms with Crippen molar-refractivity contribution in [3.05, 3.63) is 60.2 Å². The molecule has 2 amide bonds. The number of carbonyl (C=O) groups is 3. The van der Waals surface area contributed by atoms with Crippen LogP contribution in [0.5, 0.6) is 0 Å². The minimum absolute atomic E-state index is 0.217. The van der Waals surface area contributed by atoms with Crippen molar-refractivity contribution in [2.24, 2.45) is 11.8 Å². The molecule has 4 aliphatic heterocycles. The van der Waals surface area contributed by atoms with Crippen molar-refractivity contribution in [3.8, 4) is 0 Å². The summed E-state index contributed by atoms with van der Waals surface area (Å²) in [5.41, 5.74) is -1.72. The monoisotopic (exact) mass is 536 g/mol. The van der Waals surface area contributed by atoms with E-state index in [1.54, 1.807) is 4.90 Å². The van der Waals surface area contributed by atoms with E-state index in [1.807, 2.05) is 61.6 Å². The van der Waals surface area contributed by atoms with Gasteiger partial charge in [-0.05, 0) is 37.7 Å². The lowest BCUT2D eigenvalue weighted by molar-refractivity contribution is -0.163. The third kappa shape index (κ3) is 4.51. The van der Waals surface area contributed by atoms with Crippen LogP contribution >= 0.6 is 0 Å². The van der Waals surface area contributed by atoms with Gasteiger partial charge in [-0.15, -0.1) is 0 Å². The highest BCUT2D eigenvalue weighted by molar-refractivity contribution is 5.99. The lowest BCUT2D eigenvalue weighted by Gasteiger charge is -2.41. The number of esters is 1. The number of benzene rings is 1. The fourth-order valence-electron chi connectivity index (χ4n) is 6.94. The van der Waals surface area contributed by atoms with E-state index in [-0.39, 0.29) is 25.0 Å². The maximum Gasteiger partial charge on any atom is 0.313 e. The van der Waals surface area contributed by atoms with Crippen LogP contribution in [0.4, 0.5) is 0 Å². The molecule has 5 rings (SSSR count). The van der Waals surface area contributed by atoms with Crippen LogP contribution < -0.4 is 0 Å². The second-order valence-corrected chi connectivity index (χ2v) is 11.1. The van der Waals surface area contributed by atoms with Crippen LogP contribution in [-0.2, 0) is 23.9 Å². The van der Waals surface area contributed by atoms with Crippen molar-refractivity contribution in [1.82, 2.24) is 9.80 Å². The van der Waals surface area contributed by atoms with E-state index in [9.17, 15) is 19.5 Å². The normalized spacial score (nSPS) is 34.1. The summed E-state index contributed by atoms with van der Waals surface area (Å²) in [5, 5.41) is 10.6. The molecule has 39 heavy (non-hydrogen) atoms. The summed E-state index contributed by atoms with van der Waals surface area (Å²) in [6.07, 6.45) is 12.4. The molecule has 2 fully saturated rings. The van der Waals surface area contributed by atoms with Crippen molar-refractivity contribution in [3.63, 3.8) is 0 Å². The van der Waals surface area contributed by atoms with Crippen LogP contribution in [0.15, 0.2) is 54.6 Å². The third-order valence-electron chi connectivity index (χ3n) is 8.88. The number of aliphatic hydroxyl groups excluding tert-OH is 1. The molecule has 8 heteroatoms. The average molecular weight is 537 g/mol. The molecule has 0 aliphatic carbocycles. The van der Waals surface area contributed by atoms with E-state index in [1.165, 1.54) is 4.90 Å². The number of amides is 2. The first kappa shape index (κ1) is 27.6. The molecule has 1 unspecified atom stereocenters. The molecule has 1 aromatic rings. The van der Waals surface area contributed by atoms with Gasteiger partial charge in [0, 0.05) is 13.1 Å². The SMILES string of the molecule is CCCCN1CC=C[C@]23O[C@@]4(CC)/C=C\CCCCOC(=O)[C@H]4[C@H]2C(=O)N([C@H](CO)c2ccccc2)C3C1=O. The van der Waals surface area contributed by atoms with E-state index in [4.69, 9.17) is 9.47 Å². The third-order valence-corrected chi connectivity index (χ3v) is 8.88. The lowest BCUT2D eigenvalue weighted by atomic mass is 9.73. The Kier molecular flexibility index (Phi) is 7.96. The molecule has 4 aliphatic rings. The molecule has 4 heterocycles. The standard InChI is InChI=1S/C31H40N2O6/c1-3-5-18-32-19-13-17-31-24(25-29(37)38-20-12-7-6-11-16-30(25,4-2)39-31)27(35)33(26(31)28(32)36)23(21-34)22-14-9-8-10-15-22/h8-11,13-17,23-26,34H,3-7,12,18-21H2,1-2H3/b16-11-/t23-,24+,25-,26?,30+,31+/m1/s1. The molecule has 210 valence electrons. The van der Waals surface area contributed by atoms with Gasteiger partial charge >= 0.3 is 5.97 Å². The van der Waals surface area contributed by atoms with Crippen LogP contribution in [0.25, 0.3) is 0 Å². The number of ether oxygens (including phenoxy) is 2. The Morgan fingerprint density at radius 3 is 2.54 bits per heavy atom.